The number of hydrogen-bond acceptors (Lipinski definition) is 1. The highest BCUT2D eigenvalue weighted by molar-refractivity contribution is 5.23. The van der Waals surface area contributed by atoms with Gasteiger partial charge in [0.05, 0.1) is 0 Å². The first-order valence-electron chi connectivity index (χ1n) is 5.19. The van der Waals surface area contributed by atoms with Crippen LogP contribution in [0.2, 0.25) is 0 Å². The van der Waals surface area contributed by atoms with Gasteiger partial charge in [0, 0.05) is 21.4 Å². The van der Waals surface area contributed by atoms with Crippen molar-refractivity contribution in [3.63, 3.8) is 0 Å². The van der Waals surface area contributed by atoms with Crippen molar-refractivity contribution in [1.29, 1.82) is 0 Å². The standard InChI is InChI=1S/C10H15N/c1-8-6-5-7-11-9(8)10(2,3)4/h5-7H,1-4H3/i1D3. The molecule has 0 saturated carbocycles. The quantitative estimate of drug-likeness (QED) is 0.557. The fourth-order valence-electron chi connectivity index (χ4n) is 1.00. The van der Waals surface area contributed by atoms with E-state index in [2.05, 4.69) is 4.98 Å². The third kappa shape index (κ3) is 1.79. The molecule has 1 heteroatoms. The van der Waals surface area contributed by atoms with E-state index < -0.39 is 6.85 Å². The Balaban J connectivity index is 3.31. The van der Waals surface area contributed by atoms with Crippen molar-refractivity contribution < 1.29 is 4.11 Å². The molecule has 0 bridgehead atoms. The van der Waals surface area contributed by atoms with E-state index in [1.54, 1.807) is 18.3 Å². The van der Waals surface area contributed by atoms with Crippen molar-refractivity contribution in [2.75, 3.05) is 0 Å². The molecule has 0 unspecified atom stereocenters. The predicted molar refractivity (Wildman–Crippen MR) is 47.7 cm³/mol. The molecule has 0 fully saturated rings. The van der Waals surface area contributed by atoms with Crippen molar-refractivity contribution in [3.05, 3.63) is 29.6 Å². The van der Waals surface area contributed by atoms with Crippen molar-refractivity contribution >= 4 is 0 Å². The maximum atomic E-state index is 7.39. The average molecular weight is 152 g/mol. The third-order valence-electron chi connectivity index (χ3n) is 1.52. The van der Waals surface area contributed by atoms with E-state index in [-0.39, 0.29) is 5.41 Å². The first-order chi connectivity index (χ1) is 6.23. The molecule has 0 N–H and O–H groups in total. The number of rotatable bonds is 0. The summed E-state index contributed by atoms with van der Waals surface area (Å²) in [4.78, 5) is 4.16. The number of nitrogens with zero attached hydrogens (tertiary/aromatic N) is 1. The van der Waals surface area contributed by atoms with Gasteiger partial charge in [0.1, 0.15) is 0 Å². The highest BCUT2D eigenvalue weighted by Gasteiger charge is 2.16. The molecule has 0 aliphatic heterocycles. The third-order valence-corrected chi connectivity index (χ3v) is 1.52. The molecule has 1 heterocycles. The molecule has 1 aromatic rings. The van der Waals surface area contributed by atoms with Gasteiger partial charge in [-0.3, -0.25) is 4.98 Å². The van der Waals surface area contributed by atoms with Crippen molar-refractivity contribution in [1.82, 2.24) is 4.98 Å². The van der Waals surface area contributed by atoms with E-state index in [0.29, 0.717) is 11.3 Å². The first kappa shape index (κ1) is 4.91. The molecular formula is C10H15N. The van der Waals surface area contributed by atoms with Gasteiger partial charge < -0.3 is 0 Å². The molecule has 0 spiro atoms. The van der Waals surface area contributed by atoms with E-state index >= 15 is 0 Å². The highest BCUT2D eigenvalue weighted by Crippen LogP contribution is 2.22. The minimum Gasteiger partial charge on any atom is -0.260 e. The summed E-state index contributed by atoms with van der Waals surface area (Å²) in [6, 6.07) is 3.29. The largest absolute Gasteiger partial charge is 0.260 e. The highest BCUT2D eigenvalue weighted by atomic mass is 14.7. The second kappa shape index (κ2) is 2.65. The smallest absolute Gasteiger partial charge is 0.0486 e. The summed E-state index contributed by atoms with van der Waals surface area (Å²) >= 11 is 0. The van der Waals surface area contributed by atoms with Crippen molar-refractivity contribution in [2.24, 2.45) is 0 Å². The Morgan fingerprint density at radius 1 is 1.45 bits per heavy atom. The van der Waals surface area contributed by atoms with Crippen molar-refractivity contribution in [2.45, 2.75) is 33.0 Å². The summed E-state index contributed by atoms with van der Waals surface area (Å²) in [5.41, 5.74) is 0.776. The summed E-state index contributed by atoms with van der Waals surface area (Å²) in [5.74, 6) is 0. The molecule has 0 radical (unpaired) electrons. The minimum atomic E-state index is -2.07. The maximum absolute atomic E-state index is 7.39. The van der Waals surface area contributed by atoms with Crippen LogP contribution in [0.1, 0.15) is 36.1 Å². The topological polar surface area (TPSA) is 12.9 Å². The van der Waals surface area contributed by atoms with Crippen LogP contribution in [-0.2, 0) is 5.41 Å². The maximum Gasteiger partial charge on any atom is 0.0486 e. The fraction of sp³-hybridized carbons (Fsp3) is 0.500. The van der Waals surface area contributed by atoms with Gasteiger partial charge in [-0.25, -0.2) is 0 Å². The van der Waals surface area contributed by atoms with E-state index in [4.69, 9.17) is 4.11 Å². The molecule has 1 aromatic heterocycles. The van der Waals surface area contributed by atoms with Crippen LogP contribution in [0.3, 0.4) is 0 Å². The second-order valence-electron chi connectivity index (χ2n) is 3.65. The molecule has 0 aliphatic carbocycles. The number of aromatic nitrogens is 1. The van der Waals surface area contributed by atoms with Gasteiger partial charge in [-0.1, -0.05) is 26.8 Å². The Hall–Kier alpha value is -0.850. The summed E-state index contributed by atoms with van der Waals surface area (Å²) < 4.78 is 22.2. The van der Waals surface area contributed by atoms with Crippen LogP contribution in [0.5, 0.6) is 0 Å². The molecule has 0 amide bonds. The van der Waals surface area contributed by atoms with Gasteiger partial charge in [0.15, 0.2) is 0 Å². The van der Waals surface area contributed by atoms with Crippen LogP contribution in [-0.4, -0.2) is 4.98 Å². The van der Waals surface area contributed by atoms with Crippen LogP contribution >= 0.6 is 0 Å². The average Bonchev–Trinajstić information content (AvgIpc) is 2.01. The molecular weight excluding hydrogens is 134 g/mol. The predicted octanol–water partition coefficient (Wildman–Crippen LogP) is 2.69. The molecule has 11 heavy (non-hydrogen) atoms. The molecule has 0 saturated heterocycles. The molecule has 0 aliphatic rings. The van der Waals surface area contributed by atoms with Gasteiger partial charge in [-0.05, 0) is 18.5 Å². The monoisotopic (exact) mass is 152 g/mol. The molecule has 1 nitrogen and oxygen atoms in total. The lowest BCUT2D eigenvalue weighted by molar-refractivity contribution is 0.564. The van der Waals surface area contributed by atoms with Crippen LogP contribution in [0, 0.1) is 6.85 Å². The van der Waals surface area contributed by atoms with Gasteiger partial charge in [-0.2, -0.15) is 0 Å². The number of aryl methyl sites for hydroxylation is 1. The zero-order chi connectivity index (χ0) is 11.0. The minimum absolute atomic E-state index is 0.231. The first-order valence-corrected chi connectivity index (χ1v) is 3.69. The molecule has 0 aromatic carbocycles. The van der Waals surface area contributed by atoms with Gasteiger partial charge in [0.25, 0.3) is 0 Å². The van der Waals surface area contributed by atoms with Gasteiger partial charge >= 0.3 is 0 Å². The van der Waals surface area contributed by atoms with E-state index in [1.807, 2.05) is 20.8 Å². The summed E-state index contributed by atoms with van der Waals surface area (Å²) in [6.45, 7) is 3.82. The van der Waals surface area contributed by atoms with E-state index in [1.165, 1.54) is 0 Å². The SMILES string of the molecule is [2H]C([2H])([2H])c1cccnc1C(C)(C)C. The lowest BCUT2D eigenvalue weighted by Crippen LogP contribution is -2.14. The van der Waals surface area contributed by atoms with Crippen LogP contribution in [0.4, 0.5) is 0 Å². The van der Waals surface area contributed by atoms with E-state index in [9.17, 15) is 0 Å². The zero-order valence-corrected chi connectivity index (χ0v) is 7.18. The van der Waals surface area contributed by atoms with Crippen LogP contribution in [0.25, 0.3) is 0 Å². The van der Waals surface area contributed by atoms with Crippen LogP contribution < -0.4 is 0 Å². The number of pyridine rings is 1. The molecule has 1 rings (SSSR count). The van der Waals surface area contributed by atoms with E-state index in [0.717, 1.165) is 0 Å². The lowest BCUT2D eigenvalue weighted by Gasteiger charge is -2.19. The van der Waals surface area contributed by atoms with Gasteiger partial charge in [0.2, 0.25) is 0 Å². The Labute approximate surface area is 72.7 Å². The van der Waals surface area contributed by atoms with Crippen molar-refractivity contribution in [3.8, 4) is 0 Å². The fourth-order valence-corrected chi connectivity index (χ4v) is 1.00. The number of hydrogen-bond donors (Lipinski definition) is 0. The molecule has 0 atom stereocenters. The summed E-state index contributed by atoms with van der Waals surface area (Å²) in [5, 5.41) is 0. The van der Waals surface area contributed by atoms with Gasteiger partial charge in [-0.15, -0.1) is 0 Å². The Morgan fingerprint density at radius 2 is 2.18 bits per heavy atom. The summed E-state index contributed by atoms with van der Waals surface area (Å²) in [6.07, 6.45) is 1.63. The zero-order valence-electron chi connectivity index (χ0n) is 10.2. The second-order valence-corrected chi connectivity index (χ2v) is 3.65. The summed E-state index contributed by atoms with van der Waals surface area (Å²) in [7, 11) is 0. The Kier molecular flexibility index (Phi) is 1.18. The lowest BCUT2D eigenvalue weighted by atomic mass is 9.89. The van der Waals surface area contributed by atoms with Crippen LogP contribution in [0.15, 0.2) is 18.3 Å². The Bertz CT molecular complexity index is 290. The Morgan fingerprint density at radius 3 is 2.64 bits per heavy atom. The molecule has 60 valence electrons. The normalized spacial score (nSPS) is 16.8.